The van der Waals surface area contributed by atoms with Crippen LogP contribution in [0.15, 0.2) is 46.8 Å². The first-order valence-electron chi connectivity index (χ1n) is 6.11. The van der Waals surface area contributed by atoms with Crippen molar-refractivity contribution in [3.63, 3.8) is 0 Å². The molecule has 3 aromatic heterocycles. The van der Waals surface area contributed by atoms with Gasteiger partial charge in [0.15, 0.2) is 11.3 Å². The number of benzene rings is 1. The van der Waals surface area contributed by atoms with Gasteiger partial charge in [-0.2, -0.15) is 10.1 Å². The summed E-state index contributed by atoms with van der Waals surface area (Å²) in [6.07, 6.45) is 1.52. The smallest absolute Gasteiger partial charge is 0.265 e. The highest BCUT2D eigenvalue weighted by molar-refractivity contribution is 7.16. The fraction of sp³-hybridized carbons (Fsp3) is 0. The van der Waals surface area contributed by atoms with Crippen LogP contribution in [0.5, 0.6) is 0 Å². The van der Waals surface area contributed by atoms with Gasteiger partial charge in [0.2, 0.25) is 0 Å². The second-order valence-corrected chi connectivity index (χ2v) is 5.32. The summed E-state index contributed by atoms with van der Waals surface area (Å²) in [5, 5.41) is 6.94. The Morgan fingerprint density at radius 3 is 2.76 bits per heavy atom. The number of thiophene rings is 1. The Morgan fingerprint density at radius 1 is 1.14 bits per heavy atom. The molecule has 102 valence electrons. The van der Waals surface area contributed by atoms with E-state index in [1.54, 1.807) is 0 Å². The Morgan fingerprint density at radius 2 is 1.95 bits per heavy atom. The topological polar surface area (TPSA) is 60.2 Å². The monoisotopic (exact) mass is 298 g/mol. The van der Waals surface area contributed by atoms with Crippen molar-refractivity contribution in [1.82, 2.24) is 19.6 Å². The lowest BCUT2D eigenvalue weighted by molar-refractivity contribution is 0.628. The molecule has 7 heteroatoms. The second kappa shape index (κ2) is 4.42. The van der Waals surface area contributed by atoms with Crippen LogP contribution in [0.25, 0.3) is 27.1 Å². The van der Waals surface area contributed by atoms with Gasteiger partial charge in [0, 0.05) is 5.56 Å². The molecule has 0 radical (unpaired) electrons. The van der Waals surface area contributed by atoms with Crippen LogP contribution in [0.1, 0.15) is 0 Å². The zero-order valence-electron chi connectivity index (χ0n) is 10.5. The number of rotatable bonds is 1. The summed E-state index contributed by atoms with van der Waals surface area (Å²) in [7, 11) is 0. The normalized spacial score (nSPS) is 11.3. The fourth-order valence-corrected chi connectivity index (χ4v) is 2.86. The molecule has 4 rings (SSSR count). The second-order valence-electron chi connectivity index (χ2n) is 4.42. The number of hydrogen-bond acceptors (Lipinski definition) is 5. The summed E-state index contributed by atoms with van der Waals surface area (Å²) >= 11 is 1.47. The van der Waals surface area contributed by atoms with E-state index in [0.29, 0.717) is 11.2 Å². The van der Waals surface area contributed by atoms with E-state index < -0.39 is 5.56 Å². The molecule has 0 bridgehead atoms. The Labute approximate surface area is 121 Å². The van der Waals surface area contributed by atoms with Gasteiger partial charge in [0.25, 0.3) is 5.56 Å². The Bertz CT molecular complexity index is 1020. The van der Waals surface area contributed by atoms with Crippen LogP contribution in [-0.4, -0.2) is 19.6 Å². The van der Waals surface area contributed by atoms with Crippen LogP contribution < -0.4 is 5.56 Å². The van der Waals surface area contributed by atoms with Gasteiger partial charge in [-0.25, -0.2) is 13.9 Å². The lowest BCUT2D eigenvalue weighted by atomic mass is 10.1. The average molecular weight is 298 g/mol. The van der Waals surface area contributed by atoms with Crippen LogP contribution in [0.4, 0.5) is 4.39 Å². The maximum Gasteiger partial charge on any atom is 0.300 e. The van der Waals surface area contributed by atoms with Gasteiger partial charge >= 0.3 is 0 Å². The van der Waals surface area contributed by atoms with Crippen LogP contribution in [0.3, 0.4) is 0 Å². The molecule has 3 heterocycles. The third-order valence-corrected chi connectivity index (χ3v) is 3.94. The minimum atomic E-state index is -0.444. The molecule has 5 nitrogen and oxygen atoms in total. The molecule has 0 aliphatic heterocycles. The minimum Gasteiger partial charge on any atom is -0.265 e. The molecule has 0 spiro atoms. The van der Waals surface area contributed by atoms with Gasteiger partial charge < -0.3 is 0 Å². The first-order valence-corrected chi connectivity index (χ1v) is 6.99. The molecule has 0 aliphatic carbocycles. The van der Waals surface area contributed by atoms with Gasteiger partial charge in [-0.1, -0.05) is 0 Å². The van der Waals surface area contributed by atoms with E-state index >= 15 is 0 Å². The van der Waals surface area contributed by atoms with Crippen LogP contribution in [0.2, 0.25) is 0 Å². The van der Waals surface area contributed by atoms with Crippen LogP contribution in [-0.2, 0) is 0 Å². The van der Waals surface area contributed by atoms with Crippen molar-refractivity contribution in [3.8, 4) is 11.3 Å². The van der Waals surface area contributed by atoms with E-state index in [1.807, 2.05) is 11.4 Å². The molecule has 0 N–H and O–H groups in total. The SMILES string of the molecule is O=c1nc2c3ccsc3ncn2nc1-c1ccc(F)cc1. The summed E-state index contributed by atoms with van der Waals surface area (Å²) in [5.74, 6) is -0.366. The van der Waals surface area contributed by atoms with E-state index in [4.69, 9.17) is 0 Å². The molecule has 4 aromatic rings. The molecule has 0 unspecified atom stereocenters. The Hall–Kier alpha value is -2.67. The summed E-state index contributed by atoms with van der Waals surface area (Å²) in [6, 6.07) is 7.43. The molecule has 0 aliphatic rings. The molecule has 1 aromatic carbocycles. The van der Waals surface area contributed by atoms with E-state index in [0.717, 1.165) is 10.2 Å². The predicted octanol–water partition coefficient (Wildman–Crippen LogP) is 2.51. The van der Waals surface area contributed by atoms with E-state index in [2.05, 4.69) is 15.1 Å². The van der Waals surface area contributed by atoms with E-state index in [9.17, 15) is 9.18 Å². The highest BCUT2D eigenvalue weighted by Crippen LogP contribution is 2.21. The van der Waals surface area contributed by atoms with Gasteiger partial charge in [-0.3, -0.25) is 4.79 Å². The summed E-state index contributed by atoms with van der Waals surface area (Å²) in [4.78, 5) is 21.3. The largest absolute Gasteiger partial charge is 0.300 e. The number of aromatic nitrogens is 4. The first kappa shape index (κ1) is 12.1. The lowest BCUT2D eigenvalue weighted by Crippen LogP contribution is -2.16. The standard InChI is InChI=1S/C14H7FN4OS/c15-9-3-1-8(2-4-9)11-13(20)17-12-10-5-6-21-14(10)16-7-19(12)18-11/h1-7H. The molecule has 0 amide bonds. The highest BCUT2D eigenvalue weighted by atomic mass is 32.1. The number of fused-ring (bicyclic) bond motifs is 3. The first-order chi connectivity index (χ1) is 10.2. The third-order valence-electron chi connectivity index (χ3n) is 3.12. The van der Waals surface area contributed by atoms with Crippen molar-refractivity contribution in [2.45, 2.75) is 0 Å². The van der Waals surface area contributed by atoms with Crippen LogP contribution in [0, 0.1) is 5.82 Å². The van der Waals surface area contributed by atoms with Crippen molar-refractivity contribution in [2.75, 3.05) is 0 Å². The molecule has 0 atom stereocenters. The maximum absolute atomic E-state index is 13.0. The van der Waals surface area contributed by atoms with Gasteiger partial charge in [0.1, 0.15) is 17.0 Å². The van der Waals surface area contributed by atoms with Crippen LogP contribution >= 0.6 is 11.3 Å². The Kier molecular flexibility index (Phi) is 2.55. The predicted molar refractivity (Wildman–Crippen MR) is 77.8 cm³/mol. The molecule has 0 saturated carbocycles. The molecular formula is C14H7FN4OS. The quantitative estimate of drug-likeness (QED) is 0.542. The summed E-state index contributed by atoms with van der Waals surface area (Å²) < 4.78 is 14.4. The molecule has 0 fully saturated rings. The van der Waals surface area contributed by atoms with E-state index in [1.165, 1.54) is 46.4 Å². The van der Waals surface area contributed by atoms with Crippen molar-refractivity contribution in [2.24, 2.45) is 0 Å². The zero-order valence-corrected chi connectivity index (χ0v) is 11.3. The maximum atomic E-state index is 13.0. The van der Waals surface area contributed by atoms with E-state index in [-0.39, 0.29) is 11.5 Å². The van der Waals surface area contributed by atoms with Crippen molar-refractivity contribution < 1.29 is 4.39 Å². The summed E-state index contributed by atoms with van der Waals surface area (Å²) in [6.45, 7) is 0. The third kappa shape index (κ3) is 1.90. The van der Waals surface area contributed by atoms with Crippen molar-refractivity contribution in [3.05, 3.63) is 58.2 Å². The van der Waals surface area contributed by atoms with Crippen molar-refractivity contribution in [1.29, 1.82) is 0 Å². The molecular weight excluding hydrogens is 291 g/mol. The number of nitrogens with zero attached hydrogens (tertiary/aromatic N) is 4. The Balaban J connectivity index is 2.03. The zero-order chi connectivity index (χ0) is 14.4. The van der Waals surface area contributed by atoms with Gasteiger partial charge in [0.05, 0.1) is 5.39 Å². The summed E-state index contributed by atoms with van der Waals surface area (Å²) in [5.41, 5.74) is 0.718. The number of halogens is 1. The minimum absolute atomic E-state index is 0.170. The average Bonchev–Trinajstić information content (AvgIpc) is 2.96. The highest BCUT2D eigenvalue weighted by Gasteiger charge is 2.11. The van der Waals surface area contributed by atoms with Gasteiger partial charge in [-0.15, -0.1) is 11.3 Å². The number of hydrogen-bond donors (Lipinski definition) is 0. The van der Waals surface area contributed by atoms with Crippen molar-refractivity contribution >= 4 is 27.2 Å². The lowest BCUT2D eigenvalue weighted by Gasteiger charge is -2.03. The molecule has 21 heavy (non-hydrogen) atoms. The van der Waals surface area contributed by atoms with Gasteiger partial charge in [-0.05, 0) is 35.7 Å². The fourth-order valence-electron chi connectivity index (χ4n) is 2.13. The molecule has 0 saturated heterocycles.